The first-order valence-electron chi connectivity index (χ1n) is 15.3. The molecule has 1 amide bonds. The number of hydrogen-bond donors (Lipinski definition) is 2. The van der Waals surface area contributed by atoms with Crippen LogP contribution < -0.4 is 5.32 Å². The highest BCUT2D eigenvalue weighted by Gasteiger charge is 2.22. The summed E-state index contributed by atoms with van der Waals surface area (Å²) in [5.41, 5.74) is 6.69. The summed E-state index contributed by atoms with van der Waals surface area (Å²) in [4.78, 5) is 29.3. The number of anilines is 1. The van der Waals surface area contributed by atoms with Gasteiger partial charge in [0.1, 0.15) is 0 Å². The highest BCUT2D eigenvalue weighted by molar-refractivity contribution is 6.08. The smallest absolute Gasteiger partial charge is 0.269 e. The number of fused-ring (bicyclic) bond motifs is 3. The van der Waals surface area contributed by atoms with Crippen LogP contribution in [0.15, 0.2) is 84.9 Å². The molecule has 1 saturated heterocycles. The Morgan fingerprint density at radius 1 is 0.977 bits per heavy atom. The van der Waals surface area contributed by atoms with Gasteiger partial charge in [0.05, 0.1) is 10.4 Å². The molecule has 220 valence electrons. The van der Waals surface area contributed by atoms with E-state index in [0.717, 1.165) is 67.8 Å². The number of nitro groups is 1. The summed E-state index contributed by atoms with van der Waals surface area (Å²) in [6.07, 6.45) is 4.16. The van der Waals surface area contributed by atoms with Crippen molar-refractivity contribution in [3.8, 4) is 11.3 Å². The number of carbonyl (C=O) groups is 1. The van der Waals surface area contributed by atoms with Crippen LogP contribution in [0.5, 0.6) is 0 Å². The molecular formula is C36H38N4O3. The number of nitro benzene ring substituents is 1. The fourth-order valence-electron chi connectivity index (χ4n) is 6.37. The third-order valence-electron chi connectivity index (χ3n) is 8.81. The number of carbonyl (C=O) groups excluding carboxylic acids is 1. The molecule has 5 aromatic rings. The van der Waals surface area contributed by atoms with Crippen LogP contribution in [0, 0.1) is 16.0 Å². The second-order valence-corrected chi connectivity index (χ2v) is 12.0. The quantitative estimate of drug-likeness (QED) is 0.137. The van der Waals surface area contributed by atoms with E-state index in [9.17, 15) is 14.9 Å². The van der Waals surface area contributed by atoms with Gasteiger partial charge in [-0.3, -0.25) is 14.9 Å². The maximum absolute atomic E-state index is 12.2. The van der Waals surface area contributed by atoms with Crippen molar-refractivity contribution >= 4 is 39.0 Å². The Morgan fingerprint density at radius 3 is 2.49 bits per heavy atom. The van der Waals surface area contributed by atoms with Crippen LogP contribution in [0.1, 0.15) is 50.2 Å². The molecule has 43 heavy (non-hydrogen) atoms. The molecule has 1 aromatic heterocycles. The van der Waals surface area contributed by atoms with E-state index >= 15 is 0 Å². The van der Waals surface area contributed by atoms with Gasteiger partial charge in [-0.2, -0.15) is 0 Å². The molecule has 0 atom stereocenters. The average Bonchev–Trinajstić information content (AvgIpc) is 3.40. The minimum absolute atomic E-state index is 0.0410. The topological polar surface area (TPSA) is 91.3 Å². The van der Waals surface area contributed by atoms with Gasteiger partial charge < -0.3 is 15.2 Å². The molecule has 0 spiro atoms. The molecular weight excluding hydrogens is 536 g/mol. The molecule has 2 N–H and O–H groups in total. The fourth-order valence-corrected chi connectivity index (χ4v) is 6.37. The Labute approximate surface area is 252 Å². The largest absolute Gasteiger partial charge is 0.354 e. The van der Waals surface area contributed by atoms with Crippen molar-refractivity contribution in [1.82, 2.24) is 9.88 Å². The minimum atomic E-state index is -0.353. The van der Waals surface area contributed by atoms with Crippen LogP contribution >= 0.6 is 0 Å². The molecule has 4 aromatic carbocycles. The molecule has 0 saturated carbocycles. The number of non-ortho nitro benzene ring substituents is 1. The highest BCUT2D eigenvalue weighted by atomic mass is 16.6. The summed E-state index contributed by atoms with van der Waals surface area (Å²) < 4.78 is 0. The summed E-state index contributed by atoms with van der Waals surface area (Å²) in [7, 11) is 0. The molecule has 6 rings (SSSR count). The van der Waals surface area contributed by atoms with E-state index < -0.39 is 0 Å². The van der Waals surface area contributed by atoms with Gasteiger partial charge in [-0.15, -0.1) is 0 Å². The summed E-state index contributed by atoms with van der Waals surface area (Å²) in [5, 5.41) is 17.9. The Kier molecular flexibility index (Phi) is 8.25. The van der Waals surface area contributed by atoms with Crippen LogP contribution in [-0.4, -0.2) is 40.3 Å². The van der Waals surface area contributed by atoms with Gasteiger partial charge in [-0.25, -0.2) is 0 Å². The molecule has 1 fully saturated rings. The molecule has 2 heterocycles. The molecule has 0 aliphatic carbocycles. The van der Waals surface area contributed by atoms with Crippen molar-refractivity contribution < 1.29 is 9.72 Å². The number of H-pyrrole nitrogens is 1. The first-order valence-corrected chi connectivity index (χ1v) is 15.3. The van der Waals surface area contributed by atoms with E-state index in [1.807, 2.05) is 38.1 Å². The third-order valence-corrected chi connectivity index (χ3v) is 8.81. The van der Waals surface area contributed by atoms with E-state index in [1.54, 1.807) is 12.1 Å². The minimum Gasteiger partial charge on any atom is -0.354 e. The van der Waals surface area contributed by atoms with Crippen molar-refractivity contribution in [2.75, 3.05) is 25.0 Å². The van der Waals surface area contributed by atoms with E-state index in [1.165, 1.54) is 27.3 Å². The standard InChI is InChI=1S/C36H38N4O3/c1-24(2)36(41)37-29-9-5-8-28(23-29)25-18-21-39(22-19-25)20-6-11-32-33-17-14-26-7-3-4-10-31(26)35(33)38-34(32)27-12-15-30(16-13-27)40(42)43/h3-5,7-10,12-17,23-25,38H,6,11,18-22H2,1-2H3,(H,37,41). The summed E-state index contributed by atoms with van der Waals surface area (Å²) >= 11 is 0. The maximum atomic E-state index is 12.2. The molecule has 0 radical (unpaired) electrons. The van der Waals surface area contributed by atoms with Crippen molar-refractivity contribution in [1.29, 1.82) is 0 Å². The van der Waals surface area contributed by atoms with E-state index in [2.05, 4.69) is 63.7 Å². The number of aromatic amines is 1. The van der Waals surface area contributed by atoms with Gasteiger partial charge in [-0.05, 0) is 97.6 Å². The number of aromatic nitrogens is 1. The first kappa shape index (κ1) is 28.6. The lowest BCUT2D eigenvalue weighted by Gasteiger charge is -2.32. The Balaban J connectivity index is 1.15. The third kappa shape index (κ3) is 6.18. The zero-order valence-electron chi connectivity index (χ0n) is 24.8. The van der Waals surface area contributed by atoms with Gasteiger partial charge in [0.2, 0.25) is 5.91 Å². The zero-order chi connectivity index (χ0) is 29.9. The number of amides is 1. The number of nitrogens with zero attached hydrogens (tertiary/aromatic N) is 2. The number of hydrogen-bond acceptors (Lipinski definition) is 4. The predicted octanol–water partition coefficient (Wildman–Crippen LogP) is 8.30. The number of rotatable bonds is 9. The van der Waals surface area contributed by atoms with Gasteiger partial charge in [0, 0.05) is 40.2 Å². The Bertz CT molecular complexity index is 1770. The van der Waals surface area contributed by atoms with Gasteiger partial charge in [0.25, 0.3) is 5.69 Å². The van der Waals surface area contributed by atoms with Crippen molar-refractivity contribution in [3.05, 3.63) is 106 Å². The Morgan fingerprint density at radius 2 is 1.74 bits per heavy atom. The monoisotopic (exact) mass is 574 g/mol. The summed E-state index contributed by atoms with van der Waals surface area (Å²) in [6, 6.07) is 28.0. The number of aryl methyl sites for hydroxylation is 1. The lowest BCUT2D eigenvalue weighted by molar-refractivity contribution is -0.384. The average molecular weight is 575 g/mol. The Hall–Kier alpha value is -4.49. The van der Waals surface area contributed by atoms with Crippen LogP contribution in [0.25, 0.3) is 32.9 Å². The maximum Gasteiger partial charge on any atom is 0.269 e. The number of likely N-dealkylation sites (tertiary alicyclic amines) is 1. The molecule has 0 unspecified atom stereocenters. The second-order valence-electron chi connectivity index (χ2n) is 12.0. The van der Waals surface area contributed by atoms with Crippen LogP contribution in [0.2, 0.25) is 0 Å². The van der Waals surface area contributed by atoms with Crippen LogP contribution in [0.4, 0.5) is 11.4 Å². The number of piperidine rings is 1. The van der Waals surface area contributed by atoms with Gasteiger partial charge in [0.15, 0.2) is 0 Å². The zero-order valence-corrected chi connectivity index (χ0v) is 24.8. The second kappa shape index (κ2) is 12.4. The summed E-state index contributed by atoms with van der Waals surface area (Å²) in [6.45, 7) is 6.96. The molecule has 1 aliphatic rings. The lowest BCUT2D eigenvalue weighted by atomic mass is 9.89. The van der Waals surface area contributed by atoms with Crippen molar-refractivity contribution in [3.63, 3.8) is 0 Å². The van der Waals surface area contributed by atoms with E-state index in [0.29, 0.717) is 5.92 Å². The molecule has 7 nitrogen and oxygen atoms in total. The van der Waals surface area contributed by atoms with E-state index in [4.69, 9.17) is 0 Å². The normalized spacial score (nSPS) is 14.5. The van der Waals surface area contributed by atoms with Crippen molar-refractivity contribution in [2.45, 2.75) is 45.4 Å². The fraction of sp³-hybridized carbons (Fsp3) is 0.306. The predicted molar refractivity (Wildman–Crippen MR) is 175 cm³/mol. The van der Waals surface area contributed by atoms with Crippen LogP contribution in [0.3, 0.4) is 0 Å². The van der Waals surface area contributed by atoms with E-state index in [-0.39, 0.29) is 22.4 Å². The molecule has 0 bridgehead atoms. The summed E-state index contributed by atoms with van der Waals surface area (Å²) in [5.74, 6) is 0.510. The lowest BCUT2D eigenvalue weighted by Crippen LogP contribution is -2.33. The number of benzene rings is 4. The van der Waals surface area contributed by atoms with Crippen molar-refractivity contribution in [2.24, 2.45) is 5.92 Å². The van der Waals surface area contributed by atoms with Gasteiger partial charge in [-0.1, -0.05) is 62.4 Å². The number of nitrogens with one attached hydrogen (secondary N) is 2. The van der Waals surface area contributed by atoms with Gasteiger partial charge >= 0.3 is 0 Å². The molecule has 1 aliphatic heterocycles. The first-order chi connectivity index (χ1) is 20.9. The molecule has 7 heteroatoms. The SMILES string of the molecule is CC(C)C(=O)Nc1cccc(C2CCN(CCCc3c(-c4ccc([N+](=O)[O-])cc4)[nH]c4c3ccc3ccccc34)CC2)c1. The van der Waals surface area contributed by atoms with Crippen LogP contribution in [-0.2, 0) is 11.2 Å². The highest BCUT2D eigenvalue weighted by Crippen LogP contribution is 2.36.